The molecule has 0 unspecified atom stereocenters. The number of phenols is 1. The summed E-state index contributed by atoms with van der Waals surface area (Å²) in [6, 6.07) is 4.07. The Hall–Kier alpha value is -0.780. The molecular formula is C9H11ClO4S. The Morgan fingerprint density at radius 3 is 2.73 bits per heavy atom. The van der Waals surface area contributed by atoms with Crippen molar-refractivity contribution in [2.45, 2.75) is 11.8 Å². The molecule has 0 amide bonds. The lowest BCUT2D eigenvalue weighted by Crippen LogP contribution is -2.09. The standard InChI is InChI=1S/C9H11ClO4S/c1-7-2-3-8(11)6-9(7)15(12,13)14-5-4-10/h2-3,6,11H,4-5H2,1H3. The Labute approximate surface area is 93.6 Å². The Morgan fingerprint density at radius 2 is 2.13 bits per heavy atom. The highest BCUT2D eigenvalue weighted by atomic mass is 35.5. The molecule has 0 saturated carbocycles. The molecule has 0 aromatic heterocycles. The molecule has 0 radical (unpaired) electrons. The first-order valence-corrected chi connectivity index (χ1v) is 6.16. The van der Waals surface area contributed by atoms with Gasteiger partial charge >= 0.3 is 0 Å². The van der Waals surface area contributed by atoms with Crippen molar-refractivity contribution in [3.8, 4) is 5.75 Å². The average Bonchev–Trinajstić information content (AvgIpc) is 2.18. The highest BCUT2D eigenvalue weighted by Crippen LogP contribution is 2.22. The van der Waals surface area contributed by atoms with Crippen LogP contribution in [0.3, 0.4) is 0 Å². The van der Waals surface area contributed by atoms with Gasteiger partial charge in [0.1, 0.15) is 10.6 Å². The van der Waals surface area contributed by atoms with Gasteiger partial charge in [-0.05, 0) is 18.6 Å². The lowest BCUT2D eigenvalue weighted by Gasteiger charge is -2.07. The fourth-order valence-corrected chi connectivity index (χ4v) is 2.39. The van der Waals surface area contributed by atoms with Gasteiger partial charge in [0, 0.05) is 11.9 Å². The third kappa shape index (κ3) is 3.09. The van der Waals surface area contributed by atoms with Crippen LogP contribution in [0.15, 0.2) is 23.1 Å². The Balaban J connectivity index is 3.09. The van der Waals surface area contributed by atoms with Gasteiger partial charge in [0.2, 0.25) is 0 Å². The van der Waals surface area contributed by atoms with Crippen LogP contribution in [0.4, 0.5) is 0 Å². The van der Waals surface area contributed by atoms with Gasteiger partial charge in [-0.15, -0.1) is 11.6 Å². The molecule has 84 valence electrons. The SMILES string of the molecule is Cc1ccc(O)cc1S(=O)(=O)OCCCl. The van der Waals surface area contributed by atoms with Crippen LogP contribution in [0.25, 0.3) is 0 Å². The summed E-state index contributed by atoms with van der Waals surface area (Å²) in [6.45, 7) is 1.54. The van der Waals surface area contributed by atoms with Crippen LogP contribution >= 0.6 is 11.6 Å². The van der Waals surface area contributed by atoms with E-state index in [9.17, 15) is 13.5 Å². The van der Waals surface area contributed by atoms with Gasteiger partial charge in [-0.2, -0.15) is 8.42 Å². The fourth-order valence-electron chi connectivity index (χ4n) is 1.06. The lowest BCUT2D eigenvalue weighted by atomic mass is 10.2. The van der Waals surface area contributed by atoms with Crippen LogP contribution in [0.2, 0.25) is 0 Å². The Morgan fingerprint density at radius 1 is 1.47 bits per heavy atom. The minimum atomic E-state index is -3.82. The zero-order valence-corrected chi connectivity index (χ0v) is 9.68. The van der Waals surface area contributed by atoms with Crippen LogP contribution < -0.4 is 0 Å². The summed E-state index contributed by atoms with van der Waals surface area (Å²) in [5.74, 6) is -0.0227. The van der Waals surface area contributed by atoms with Crippen LogP contribution in [-0.4, -0.2) is 26.0 Å². The molecule has 1 rings (SSSR count). The number of phenolic OH excluding ortho intramolecular Hbond substituents is 1. The van der Waals surface area contributed by atoms with Crippen molar-refractivity contribution in [3.05, 3.63) is 23.8 Å². The van der Waals surface area contributed by atoms with Crippen LogP contribution in [0.1, 0.15) is 5.56 Å². The number of benzene rings is 1. The third-order valence-corrected chi connectivity index (χ3v) is 3.37. The molecule has 15 heavy (non-hydrogen) atoms. The van der Waals surface area contributed by atoms with E-state index in [1.54, 1.807) is 6.92 Å². The number of alkyl halides is 1. The summed E-state index contributed by atoms with van der Waals surface area (Å²) >= 11 is 5.33. The molecule has 1 aromatic carbocycles. The smallest absolute Gasteiger partial charge is 0.297 e. The van der Waals surface area contributed by atoms with E-state index in [1.165, 1.54) is 12.1 Å². The number of hydrogen-bond acceptors (Lipinski definition) is 4. The van der Waals surface area contributed by atoms with Gasteiger partial charge in [-0.25, -0.2) is 0 Å². The minimum absolute atomic E-state index is 0.0346. The van der Waals surface area contributed by atoms with E-state index in [4.69, 9.17) is 11.6 Å². The van der Waals surface area contributed by atoms with Gasteiger partial charge in [-0.1, -0.05) is 6.07 Å². The molecule has 0 fully saturated rings. The second-order valence-electron chi connectivity index (χ2n) is 2.91. The van der Waals surface area contributed by atoms with Crippen molar-refractivity contribution < 1.29 is 17.7 Å². The molecule has 0 saturated heterocycles. The van der Waals surface area contributed by atoms with Gasteiger partial charge < -0.3 is 5.11 Å². The van der Waals surface area contributed by atoms with Crippen LogP contribution in [0, 0.1) is 6.92 Å². The molecule has 1 aromatic rings. The van der Waals surface area contributed by atoms with Crippen molar-refractivity contribution in [2.75, 3.05) is 12.5 Å². The maximum Gasteiger partial charge on any atom is 0.297 e. The monoisotopic (exact) mass is 250 g/mol. The Kier molecular flexibility index (Phi) is 3.96. The predicted molar refractivity (Wildman–Crippen MR) is 56.7 cm³/mol. The lowest BCUT2D eigenvalue weighted by molar-refractivity contribution is 0.339. The molecule has 6 heteroatoms. The molecule has 0 bridgehead atoms. The van der Waals surface area contributed by atoms with E-state index in [2.05, 4.69) is 4.18 Å². The number of halogens is 1. The molecular weight excluding hydrogens is 240 g/mol. The molecule has 0 aliphatic rings. The largest absolute Gasteiger partial charge is 0.508 e. The molecule has 0 spiro atoms. The molecule has 0 heterocycles. The minimum Gasteiger partial charge on any atom is -0.508 e. The van der Waals surface area contributed by atoms with E-state index in [0.29, 0.717) is 5.56 Å². The quantitative estimate of drug-likeness (QED) is 0.652. The fraction of sp³-hybridized carbons (Fsp3) is 0.333. The zero-order chi connectivity index (χ0) is 11.5. The van der Waals surface area contributed by atoms with Crippen molar-refractivity contribution >= 4 is 21.7 Å². The van der Waals surface area contributed by atoms with E-state index in [0.717, 1.165) is 6.07 Å². The molecule has 0 atom stereocenters. The van der Waals surface area contributed by atoms with Crippen molar-refractivity contribution in [1.29, 1.82) is 0 Å². The van der Waals surface area contributed by atoms with Gasteiger partial charge in [0.15, 0.2) is 0 Å². The van der Waals surface area contributed by atoms with Gasteiger partial charge in [-0.3, -0.25) is 4.18 Å². The molecule has 0 aliphatic carbocycles. The second kappa shape index (κ2) is 4.83. The van der Waals surface area contributed by atoms with Crippen molar-refractivity contribution in [3.63, 3.8) is 0 Å². The summed E-state index contributed by atoms with van der Waals surface area (Å²) in [5, 5.41) is 9.18. The number of aromatic hydroxyl groups is 1. The second-order valence-corrected chi connectivity index (χ2v) is 4.88. The molecule has 4 nitrogen and oxygen atoms in total. The highest BCUT2D eigenvalue weighted by molar-refractivity contribution is 7.86. The number of rotatable bonds is 4. The topological polar surface area (TPSA) is 63.6 Å². The summed E-state index contributed by atoms with van der Waals surface area (Å²) in [6.07, 6.45) is 0. The van der Waals surface area contributed by atoms with E-state index < -0.39 is 10.1 Å². The van der Waals surface area contributed by atoms with Gasteiger partial charge in [0.05, 0.1) is 6.61 Å². The Bertz CT molecular complexity index is 441. The van der Waals surface area contributed by atoms with Gasteiger partial charge in [0.25, 0.3) is 10.1 Å². The summed E-state index contributed by atoms with van der Waals surface area (Å²) < 4.78 is 27.8. The first-order valence-electron chi connectivity index (χ1n) is 4.22. The van der Waals surface area contributed by atoms with E-state index in [1.807, 2.05) is 0 Å². The predicted octanol–water partition coefficient (Wildman–Crippen LogP) is 1.64. The summed E-state index contributed by atoms with van der Waals surface area (Å²) in [7, 11) is -3.82. The number of hydrogen-bond donors (Lipinski definition) is 1. The summed E-state index contributed by atoms with van der Waals surface area (Å²) in [5.41, 5.74) is 0.516. The number of aryl methyl sites for hydroxylation is 1. The van der Waals surface area contributed by atoms with Crippen LogP contribution in [-0.2, 0) is 14.3 Å². The molecule has 1 N–H and O–H groups in total. The first kappa shape index (κ1) is 12.3. The highest BCUT2D eigenvalue weighted by Gasteiger charge is 2.18. The van der Waals surface area contributed by atoms with E-state index in [-0.39, 0.29) is 23.1 Å². The van der Waals surface area contributed by atoms with Crippen molar-refractivity contribution in [2.24, 2.45) is 0 Å². The first-order chi connectivity index (χ1) is 6.97. The third-order valence-electron chi connectivity index (χ3n) is 1.76. The van der Waals surface area contributed by atoms with E-state index >= 15 is 0 Å². The normalized spacial score (nSPS) is 11.6. The maximum atomic E-state index is 11.6. The zero-order valence-electron chi connectivity index (χ0n) is 8.10. The van der Waals surface area contributed by atoms with Crippen molar-refractivity contribution in [1.82, 2.24) is 0 Å². The molecule has 0 aliphatic heterocycles. The maximum absolute atomic E-state index is 11.6. The average molecular weight is 251 g/mol. The van der Waals surface area contributed by atoms with Crippen LogP contribution in [0.5, 0.6) is 5.75 Å². The summed E-state index contributed by atoms with van der Waals surface area (Å²) in [4.78, 5) is -0.0346.